The van der Waals surface area contributed by atoms with Gasteiger partial charge in [-0.25, -0.2) is 9.59 Å². The molecule has 0 amide bonds. The van der Waals surface area contributed by atoms with Crippen LogP contribution < -0.4 is 0 Å². The molecule has 13 heavy (non-hydrogen) atoms. The number of hydrogen-bond donors (Lipinski definition) is 1. The lowest BCUT2D eigenvalue weighted by Gasteiger charge is -2.05. The van der Waals surface area contributed by atoms with Crippen molar-refractivity contribution < 1.29 is 24.2 Å². The minimum absolute atomic E-state index is 0.105. The lowest BCUT2D eigenvalue weighted by Crippen LogP contribution is -2.16. The zero-order valence-corrected chi connectivity index (χ0v) is 7.36. The van der Waals surface area contributed by atoms with Crippen LogP contribution in [0.5, 0.6) is 0 Å². The van der Waals surface area contributed by atoms with Gasteiger partial charge in [-0.05, 0) is 13.8 Å². The standard InChI is InChI=1S/C8H10O5/c1-3-12-7(10)5-4(2)13-8(11)6(5)9/h4,9H,3H2,1-2H3. The number of rotatable bonds is 2. The summed E-state index contributed by atoms with van der Waals surface area (Å²) in [6, 6.07) is 0. The van der Waals surface area contributed by atoms with Crippen LogP contribution in [0.4, 0.5) is 0 Å². The molecule has 5 nitrogen and oxygen atoms in total. The van der Waals surface area contributed by atoms with E-state index in [1.807, 2.05) is 0 Å². The van der Waals surface area contributed by atoms with E-state index in [0.717, 1.165) is 0 Å². The molecule has 1 aliphatic rings. The first kappa shape index (κ1) is 9.57. The minimum Gasteiger partial charge on any atom is -0.501 e. The van der Waals surface area contributed by atoms with Crippen molar-refractivity contribution in [3.05, 3.63) is 11.3 Å². The monoisotopic (exact) mass is 186 g/mol. The third kappa shape index (κ3) is 1.63. The van der Waals surface area contributed by atoms with Gasteiger partial charge in [0.15, 0.2) is 0 Å². The summed E-state index contributed by atoms with van der Waals surface area (Å²) in [5, 5.41) is 9.13. The van der Waals surface area contributed by atoms with E-state index in [-0.39, 0.29) is 12.2 Å². The van der Waals surface area contributed by atoms with Gasteiger partial charge < -0.3 is 14.6 Å². The molecule has 1 aliphatic heterocycles. The second kappa shape index (κ2) is 3.47. The lowest BCUT2D eigenvalue weighted by molar-refractivity contribution is -0.142. The van der Waals surface area contributed by atoms with Crippen molar-refractivity contribution in [2.75, 3.05) is 6.61 Å². The zero-order chi connectivity index (χ0) is 10.0. The molecular weight excluding hydrogens is 176 g/mol. The van der Waals surface area contributed by atoms with E-state index in [4.69, 9.17) is 5.11 Å². The van der Waals surface area contributed by atoms with Gasteiger partial charge in [-0.1, -0.05) is 0 Å². The van der Waals surface area contributed by atoms with Crippen molar-refractivity contribution in [1.29, 1.82) is 0 Å². The summed E-state index contributed by atoms with van der Waals surface area (Å²) in [7, 11) is 0. The normalized spacial score (nSPS) is 21.7. The topological polar surface area (TPSA) is 72.8 Å². The highest BCUT2D eigenvalue weighted by atomic mass is 16.6. The number of esters is 2. The number of hydrogen-bond acceptors (Lipinski definition) is 5. The first-order valence-electron chi connectivity index (χ1n) is 3.89. The van der Waals surface area contributed by atoms with E-state index in [2.05, 4.69) is 9.47 Å². The molecule has 1 rings (SSSR count). The predicted molar refractivity (Wildman–Crippen MR) is 41.8 cm³/mol. The Morgan fingerprint density at radius 2 is 2.31 bits per heavy atom. The Kier molecular flexibility index (Phi) is 2.55. The molecular formula is C8H10O5. The quantitative estimate of drug-likeness (QED) is 0.628. The SMILES string of the molecule is CCOC(=O)C1=C(O)C(=O)OC1C. The molecule has 0 saturated heterocycles. The van der Waals surface area contributed by atoms with E-state index >= 15 is 0 Å². The van der Waals surface area contributed by atoms with Gasteiger partial charge >= 0.3 is 11.9 Å². The van der Waals surface area contributed by atoms with Crippen molar-refractivity contribution in [3.63, 3.8) is 0 Å². The Bertz CT molecular complexity index is 278. The van der Waals surface area contributed by atoms with Crippen LogP contribution in [-0.2, 0) is 19.1 Å². The van der Waals surface area contributed by atoms with Gasteiger partial charge in [0.05, 0.1) is 6.61 Å². The maximum absolute atomic E-state index is 11.1. The molecule has 0 aromatic carbocycles. The lowest BCUT2D eigenvalue weighted by atomic mass is 10.1. The summed E-state index contributed by atoms with van der Waals surface area (Å²) in [6.07, 6.45) is -0.730. The van der Waals surface area contributed by atoms with E-state index in [9.17, 15) is 9.59 Å². The van der Waals surface area contributed by atoms with Crippen LogP contribution in [0.2, 0.25) is 0 Å². The van der Waals surface area contributed by atoms with Crippen LogP contribution >= 0.6 is 0 Å². The van der Waals surface area contributed by atoms with Gasteiger partial charge in [0, 0.05) is 0 Å². The third-order valence-electron chi connectivity index (χ3n) is 1.63. The summed E-state index contributed by atoms with van der Waals surface area (Å²) in [5.74, 6) is -2.24. The fourth-order valence-corrected chi connectivity index (χ4v) is 1.05. The van der Waals surface area contributed by atoms with Crippen LogP contribution in [0.25, 0.3) is 0 Å². The van der Waals surface area contributed by atoms with Crippen molar-refractivity contribution in [2.24, 2.45) is 0 Å². The van der Waals surface area contributed by atoms with Gasteiger partial charge in [0.1, 0.15) is 11.7 Å². The highest BCUT2D eigenvalue weighted by Crippen LogP contribution is 2.21. The molecule has 1 heterocycles. The molecule has 0 spiro atoms. The Morgan fingerprint density at radius 3 is 2.69 bits per heavy atom. The van der Waals surface area contributed by atoms with Gasteiger partial charge in [-0.3, -0.25) is 0 Å². The smallest absolute Gasteiger partial charge is 0.374 e. The van der Waals surface area contributed by atoms with Crippen molar-refractivity contribution in [1.82, 2.24) is 0 Å². The predicted octanol–water partition coefficient (Wildman–Crippen LogP) is 0.307. The molecule has 0 radical (unpaired) electrons. The Balaban J connectivity index is 2.88. The number of carbonyl (C=O) groups is 2. The average molecular weight is 186 g/mol. The molecule has 5 heteroatoms. The molecule has 1 atom stereocenters. The number of carbonyl (C=O) groups excluding carboxylic acids is 2. The van der Waals surface area contributed by atoms with Crippen molar-refractivity contribution >= 4 is 11.9 Å². The first-order valence-corrected chi connectivity index (χ1v) is 3.89. The molecule has 0 bridgehead atoms. The second-order valence-corrected chi connectivity index (χ2v) is 2.53. The molecule has 0 fully saturated rings. The average Bonchev–Trinajstić information content (AvgIpc) is 2.27. The molecule has 1 N–H and O–H groups in total. The summed E-state index contributed by atoms with van der Waals surface area (Å²) < 4.78 is 9.22. The molecule has 0 aliphatic carbocycles. The Hall–Kier alpha value is -1.52. The number of ether oxygens (including phenoxy) is 2. The van der Waals surface area contributed by atoms with Crippen LogP contribution in [0.3, 0.4) is 0 Å². The van der Waals surface area contributed by atoms with Crippen molar-refractivity contribution in [3.8, 4) is 0 Å². The molecule has 0 saturated carbocycles. The fourth-order valence-electron chi connectivity index (χ4n) is 1.05. The van der Waals surface area contributed by atoms with E-state index < -0.39 is 23.8 Å². The molecule has 72 valence electrons. The molecule has 0 aromatic rings. The maximum atomic E-state index is 11.1. The van der Waals surface area contributed by atoms with E-state index in [1.54, 1.807) is 6.92 Å². The molecule has 1 unspecified atom stereocenters. The van der Waals surface area contributed by atoms with Gasteiger partial charge in [0.25, 0.3) is 0 Å². The van der Waals surface area contributed by atoms with Crippen LogP contribution in [0.15, 0.2) is 11.3 Å². The minimum atomic E-state index is -0.879. The van der Waals surface area contributed by atoms with Crippen LogP contribution in [-0.4, -0.2) is 29.8 Å². The number of cyclic esters (lactones) is 1. The zero-order valence-electron chi connectivity index (χ0n) is 7.36. The highest BCUT2D eigenvalue weighted by Gasteiger charge is 2.36. The summed E-state index contributed by atoms with van der Waals surface area (Å²) >= 11 is 0. The van der Waals surface area contributed by atoms with Gasteiger partial charge in [-0.2, -0.15) is 0 Å². The van der Waals surface area contributed by atoms with E-state index in [0.29, 0.717) is 0 Å². The van der Waals surface area contributed by atoms with Crippen molar-refractivity contribution in [2.45, 2.75) is 20.0 Å². The fraction of sp³-hybridized carbons (Fsp3) is 0.500. The second-order valence-electron chi connectivity index (χ2n) is 2.53. The summed E-state index contributed by atoms with van der Waals surface area (Å²) in [5.41, 5.74) is -0.105. The summed E-state index contributed by atoms with van der Waals surface area (Å²) in [6.45, 7) is 3.32. The number of aliphatic hydroxyl groups excluding tert-OH is 1. The molecule has 0 aromatic heterocycles. The first-order chi connectivity index (χ1) is 6.07. The van der Waals surface area contributed by atoms with Crippen LogP contribution in [0, 0.1) is 0 Å². The Labute approximate surface area is 74.9 Å². The van der Waals surface area contributed by atoms with Gasteiger partial charge in [0.2, 0.25) is 5.76 Å². The van der Waals surface area contributed by atoms with Gasteiger partial charge in [-0.15, -0.1) is 0 Å². The largest absolute Gasteiger partial charge is 0.501 e. The summed E-state index contributed by atoms with van der Waals surface area (Å²) in [4.78, 5) is 21.9. The maximum Gasteiger partial charge on any atom is 0.374 e. The Morgan fingerprint density at radius 1 is 1.69 bits per heavy atom. The highest BCUT2D eigenvalue weighted by molar-refractivity contribution is 6.02. The third-order valence-corrected chi connectivity index (χ3v) is 1.63. The van der Waals surface area contributed by atoms with E-state index in [1.165, 1.54) is 6.92 Å². The van der Waals surface area contributed by atoms with Crippen LogP contribution in [0.1, 0.15) is 13.8 Å². The number of aliphatic hydroxyl groups is 1.